The molecule has 1 atom stereocenters. The van der Waals surface area contributed by atoms with Crippen molar-refractivity contribution in [2.45, 2.75) is 39.3 Å². The minimum atomic E-state index is 0.412. The first-order valence-electron chi connectivity index (χ1n) is 6.00. The van der Waals surface area contributed by atoms with E-state index < -0.39 is 0 Å². The monoisotopic (exact) mass is 238 g/mol. The van der Waals surface area contributed by atoms with E-state index in [0.717, 1.165) is 24.5 Å². The molecule has 0 aliphatic carbocycles. The van der Waals surface area contributed by atoms with Crippen LogP contribution < -0.4 is 10.6 Å². The second kappa shape index (κ2) is 7.06. The van der Waals surface area contributed by atoms with E-state index in [1.165, 1.54) is 0 Å². The summed E-state index contributed by atoms with van der Waals surface area (Å²) in [5, 5.41) is 6.39. The van der Waals surface area contributed by atoms with Gasteiger partial charge in [-0.05, 0) is 13.3 Å². The van der Waals surface area contributed by atoms with Crippen molar-refractivity contribution in [1.82, 2.24) is 9.97 Å². The molecule has 1 unspecified atom stereocenters. The molecule has 0 aliphatic rings. The predicted octanol–water partition coefficient (Wildman–Crippen LogP) is 2.27. The van der Waals surface area contributed by atoms with Gasteiger partial charge in [-0.2, -0.15) is 0 Å². The molecule has 0 amide bonds. The third-order valence-corrected chi connectivity index (χ3v) is 2.42. The van der Waals surface area contributed by atoms with E-state index in [1.807, 2.05) is 13.1 Å². The minimum Gasteiger partial charge on any atom is -0.377 e. The first-order chi connectivity index (χ1) is 8.19. The molecule has 0 aromatic carbocycles. The Morgan fingerprint density at radius 3 is 2.65 bits per heavy atom. The van der Waals surface area contributed by atoms with Gasteiger partial charge in [0.25, 0.3) is 0 Å². The topological polar surface area (TPSA) is 59.1 Å². The Hall–Kier alpha value is -1.36. The Kier molecular flexibility index (Phi) is 5.69. The lowest BCUT2D eigenvalue weighted by Gasteiger charge is -2.15. The van der Waals surface area contributed by atoms with Gasteiger partial charge in [-0.1, -0.05) is 13.3 Å². The molecule has 0 saturated heterocycles. The molecule has 0 aliphatic heterocycles. The van der Waals surface area contributed by atoms with E-state index in [1.54, 1.807) is 7.11 Å². The summed E-state index contributed by atoms with van der Waals surface area (Å²) in [4.78, 5) is 8.71. The fourth-order valence-corrected chi connectivity index (χ4v) is 1.65. The van der Waals surface area contributed by atoms with E-state index in [9.17, 15) is 0 Å². The van der Waals surface area contributed by atoms with Crippen LogP contribution in [0.4, 0.5) is 11.6 Å². The molecule has 0 bridgehead atoms. The summed E-state index contributed by atoms with van der Waals surface area (Å²) in [6.45, 7) is 4.75. The van der Waals surface area contributed by atoms with Gasteiger partial charge in [-0.25, -0.2) is 9.97 Å². The molecule has 17 heavy (non-hydrogen) atoms. The van der Waals surface area contributed by atoms with Crippen molar-refractivity contribution >= 4 is 11.6 Å². The summed E-state index contributed by atoms with van der Waals surface area (Å²) < 4.78 is 5.05. The smallest absolute Gasteiger partial charge is 0.158 e. The van der Waals surface area contributed by atoms with Crippen molar-refractivity contribution in [3.63, 3.8) is 0 Å². The molecule has 5 nitrogen and oxygen atoms in total. The van der Waals surface area contributed by atoms with Gasteiger partial charge in [0, 0.05) is 26.3 Å². The van der Waals surface area contributed by atoms with E-state index in [2.05, 4.69) is 34.4 Å². The number of nitrogens with zero attached hydrogens (tertiary/aromatic N) is 2. The van der Waals surface area contributed by atoms with Crippen LogP contribution in [0.2, 0.25) is 0 Å². The van der Waals surface area contributed by atoms with Gasteiger partial charge < -0.3 is 15.4 Å². The third-order valence-electron chi connectivity index (χ3n) is 2.42. The Labute approximate surface area is 103 Å². The maximum atomic E-state index is 5.05. The van der Waals surface area contributed by atoms with Crippen molar-refractivity contribution in [1.29, 1.82) is 0 Å². The molecule has 1 heterocycles. The molecule has 0 fully saturated rings. The van der Waals surface area contributed by atoms with Gasteiger partial charge in [0.05, 0.1) is 0 Å². The van der Waals surface area contributed by atoms with Gasteiger partial charge in [-0.15, -0.1) is 0 Å². The number of nitrogens with one attached hydrogen (secondary N) is 2. The van der Waals surface area contributed by atoms with Gasteiger partial charge in [0.15, 0.2) is 5.82 Å². The first-order valence-corrected chi connectivity index (χ1v) is 6.00. The van der Waals surface area contributed by atoms with E-state index in [0.29, 0.717) is 18.5 Å². The van der Waals surface area contributed by atoms with Gasteiger partial charge in [0.1, 0.15) is 18.2 Å². The van der Waals surface area contributed by atoms with Crippen molar-refractivity contribution in [2.75, 3.05) is 24.8 Å². The number of ether oxygens (including phenoxy) is 1. The summed E-state index contributed by atoms with van der Waals surface area (Å²) in [5.41, 5.74) is 0. The fourth-order valence-electron chi connectivity index (χ4n) is 1.65. The molecule has 1 aromatic heterocycles. The van der Waals surface area contributed by atoms with Gasteiger partial charge >= 0.3 is 0 Å². The standard InChI is InChI=1S/C12H22N4O/c1-5-6-9(2)14-11-7-10(13-3)15-12(16-11)8-17-4/h7,9H,5-6,8H2,1-4H3,(H2,13,14,15,16). The molecule has 0 spiro atoms. The predicted molar refractivity (Wildman–Crippen MR) is 70.3 cm³/mol. The molecule has 96 valence electrons. The number of hydrogen-bond acceptors (Lipinski definition) is 5. The lowest BCUT2D eigenvalue weighted by atomic mass is 10.2. The van der Waals surface area contributed by atoms with Crippen molar-refractivity contribution in [3.8, 4) is 0 Å². The summed E-state index contributed by atoms with van der Waals surface area (Å²) in [6.07, 6.45) is 2.28. The number of methoxy groups -OCH3 is 1. The fraction of sp³-hybridized carbons (Fsp3) is 0.667. The first kappa shape index (κ1) is 13.7. The lowest BCUT2D eigenvalue weighted by Crippen LogP contribution is -2.16. The van der Waals surface area contributed by atoms with Crippen LogP contribution in [-0.2, 0) is 11.3 Å². The zero-order chi connectivity index (χ0) is 12.7. The Morgan fingerprint density at radius 2 is 2.06 bits per heavy atom. The number of rotatable bonds is 7. The highest BCUT2D eigenvalue weighted by atomic mass is 16.5. The Bertz CT molecular complexity index is 343. The number of anilines is 2. The maximum absolute atomic E-state index is 5.05. The normalized spacial score (nSPS) is 12.2. The highest BCUT2D eigenvalue weighted by molar-refractivity contribution is 5.47. The average molecular weight is 238 g/mol. The second-order valence-corrected chi connectivity index (χ2v) is 4.07. The van der Waals surface area contributed by atoms with Crippen LogP contribution in [0.15, 0.2) is 6.07 Å². The molecule has 5 heteroatoms. The van der Waals surface area contributed by atoms with Crippen LogP contribution in [0.25, 0.3) is 0 Å². The summed E-state index contributed by atoms with van der Waals surface area (Å²) in [5.74, 6) is 2.33. The third kappa shape index (κ3) is 4.56. The summed E-state index contributed by atoms with van der Waals surface area (Å²) in [7, 11) is 3.49. The number of aromatic nitrogens is 2. The van der Waals surface area contributed by atoms with Crippen LogP contribution >= 0.6 is 0 Å². The van der Waals surface area contributed by atoms with E-state index >= 15 is 0 Å². The van der Waals surface area contributed by atoms with Crippen molar-refractivity contribution in [2.24, 2.45) is 0 Å². The lowest BCUT2D eigenvalue weighted by molar-refractivity contribution is 0.178. The van der Waals surface area contributed by atoms with Crippen LogP contribution in [0.3, 0.4) is 0 Å². The molecule has 1 aromatic rings. The average Bonchev–Trinajstić information content (AvgIpc) is 2.29. The van der Waals surface area contributed by atoms with Crippen molar-refractivity contribution in [3.05, 3.63) is 11.9 Å². The quantitative estimate of drug-likeness (QED) is 0.763. The Morgan fingerprint density at radius 1 is 1.35 bits per heavy atom. The molecule has 0 radical (unpaired) electrons. The molecule has 1 rings (SSSR count). The highest BCUT2D eigenvalue weighted by Gasteiger charge is 2.06. The minimum absolute atomic E-state index is 0.412. The van der Waals surface area contributed by atoms with E-state index in [4.69, 9.17) is 4.74 Å². The zero-order valence-electron chi connectivity index (χ0n) is 11.1. The number of hydrogen-bond donors (Lipinski definition) is 2. The Balaban J connectivity index is 2.79. The van der Waals surface area contributed by atoms with Crippen LogP contribution in [0, 0.1) is 0 Å². The van der Waals surface area contributed by atoms with Crippen LogP contribution in [0.5, 0.6) is 0 Å². The van der Waals surface area contributed by atoms with Crippen LogP contribution in [-0.4, -0.2) is 30.2 Å². The molecule has 0 saturated carbocycles. The van der Waals surface area contributed by atoms with Crippen LogP contribution in [0.1, 0.15) is 32.5 Å². The second-order valence-electron chi connectivity index (χ2n) is 4.07. The van der Waals surface area contributed by atoms with Crippen molar-refractivity contribution < 1.29 is 4.74 Å². The highest BCUT2D eigenvalue weighted by Crippen LogP contribution is 2.13. The summed E-state index contributed by atoms with van der Waals surface area (Å²) >= 11 is 0. The largest absolute Gasteiger partial charge is 0.377 e. The molecule has 2 N–H and O–H groups in total. The van der Waals surface area contributed by atoms with Gasteiger partial charge in [0.2, 0.25) is 0 Å². The van der Waals surface area contributed by atoms with Gasteiger partial charge in [-0.3, -0.25) is 0 Å². The van der Waals surface area contributed by atoms with E-state index in [-0.39, 0.29) is 0 Å². The SMILES string of the molecule is CCCC(C)Nc1cc(NC)nc(COC)n1. The molecular formula is C12H22N4O. The summed E-state index contributed by atoms with van der Waals surface area (Å²) in [6, 6.07) is 2.32. The zero-order valence-corrected chi connectivity index (χ0v) is 11.1. The maximum Gasteiger partial charge on any atom is 0.158 e. The molecular weight excluding hydrogens is 216 g/mol.